The van der Waals surface area contributed by atoms with Crippen LogP contribution < -0.4 is 11.1 Å². The molecule has 1 atom stereocenters. The highest BCUT2D eigenvalue weighted by molar-refractivity contribution is 5.79. The molecule has 0 radical (unpaired) electrons. The molecule has 1 aliphatic heterocycles. The first-order valence-electron chi connectivity index (χ1n) is 9.23. The lowest BCUT2D eigenvalue weighted by atomic mass is 9.97. The highest BCUT2D eigenvalue weighted by atomic mass is 16.2. The normalized spacial score (nSPS) is 18.1. The van der Waals surface area contributed by atoms with Crippen molar-refractivity contribution in [3.8, 4) is 0 Å². The number of benzene rings is 1. The molecule has 3 N–H and O–H groups in total. The fraction of sp³-hybridized carbons (Fsp3) is 0.526. The predicted octanol–water partition coefficient (Wildman–Crippen LogP) is 0.819. The SMILES string of the molecule is Cn1c(CCCNC(=O)C2CCCN(CC(N)=O)C2)nc2ccccc21. The molecule has 7 heteroatoms. The van der Waals surface area contributed by atoms with Gasteiger partial charge < -0.3 is 15.6 Å². The number of para-hydroxylation sites is 2. The lowest BCUT2D eigenvalue weighted by Crippen LogP contribution is -2.45. The van der Waals surface area contributed by atoms with Gasteiger partial charge in [-0.1, -0.05) is 12.1 Å². The molecule has 0 spiro atoms. The van der Waals surface area contributed by atoms with Gasteiger partial charge in [-0.05, 0) is 37.9 Å². The summed E-state index contributed by atoms with van der Waals surface area (Å²) < 4.78 is 2.11. The molecule has 1 saturated heterocycles. The molecular weight excluding hydrogens is 330 g/mol. The van der Waals surface area contributed by atoms with Crippen molar-refractivity contribution >= 4 is 22.8 Å². The molecule has 2 amide bonds. The van der Waals surface area contributed by atoms with Crippen LogP contribution in [0.25, 0.3) is 11.0 Å². The zero-order chi connectivity index (χ0) is 18.5. The Balaban J connectivity index is 1.44. The molecule has 140 valence electrons. The predicted molar refractivity (Wildman–Crippen MR) is 100 cm³/mol. The zero-order valence-electron chi connectivity index (χ0n) is 15.3. The minimum Gasteiger partial charge on any atom is -0.369 e. The summed E-state index contributed by atoms with van der Waals surface area (Å²) in [6.07, 6.45) is 3.46. The number of fused-ring (bicyclic) bond motifs is 1. The third-order valence-electron chi connectivity index (χ3n) is 5.01. The minimum absolute atomic E-state index is 0.0566. The van der Waals surface area contributed by atoms with E-state index in [4.69, 9.17) is 5.73 Å². The number of aromatic nitrogens is 2. The molecule has 1 aromatic heterocycles. The quantitative estimate of drug-likeness (QED) is 0.718. The maximum absolute atomic E-state index is 12.4. The van der Waals surface area contributed by atoms with Crippen molar-refractivity contribution < 1.29 is 9.59 Å². The van der Waals surface area contributed by atoms with Gasteiger partial charge in [0.1, 0.15) is 5.82 Å². The summed E-state index contributed by atoms with van der Waals surface area (Å²) in [7, 11) is 2.03. The standard InChI is InChI=1S/C19H27N5O2/c1-23-16-8-3-2-7-15(16)22-18(23)9-4-10-21-19(26)14-6-5-11-24(12-14)13-17(20)25/h2-3,7-8,14H,4-6,9-13H2,1H3,(H2,20,25)(H,21,26). The number of carbonyl (C=O) groups is 2. The van der Waals surface area contributed by atoms with Gasteiger partial charge in [0.25, 0.3) is 0 Å². The maximum atomic E-state index is 12.4. The van der Waals surface area contributed by atoms with E-state index in [9.17, 15) is 9.59 Å². The molecule has 0 bridgehead atoms. The summed E-state index contributed by atoms with van der Waals surface area (Å²) in [5, 5.41) is 3.03. The van der Waals surface area contributed by atoms with Crippen molar-refractivity contribution in [2.24, 2.45) is 18.7 Å². The molecule has 1 aromatic carbocycles. The van der Waals surface area contributed by atoms with Crippen molar-refractivity contribution in [3.63, 3.8) is 0 Å². The number of likely N-dealkylation sites (tertiary alicyclic amines) is 1. The minimum atomic E-state index is -0.339. The third-order valence-corrected chi connectivity index (χ3v) is 5.01. The summed E-state index contributed by atoms with van der Waals surface area (Å²) in [6, 6.07) is 8.08. The van der Waals surface area contributed by atoms with Gasteiger partial charge in [0.05, 0.1) is 23.5 Å². The molecule has 0 saturated carbocycles. The Bertz CT molecular complexity index is 785. The second-order valence-electron chi connectivity index (χ2n) is 7.01. The van der Waals surface area contributed by atoms with Crippen LogP contribution in [0.3, 0.4) is 0 Å². The topological polar surface area (TPSA) is 93.3 Å². The van der Waals surface area contributed by atoms with Gasteiger partial charge in [0.2, 0.25) is 11.8 Å². The Morgan fingerprint density at radius 3 is 2.92 bits per heavy atom. The monoisotopic (exact) mass is 357 g/mol. The second kappa shape index (κ2) is 8.31. The highest BCUT2D eigenvalue weighted by Gasteiger charge is 2.26. The van der Waals surface area contributed by atoms with Gasteiger partial charge >= 0.3 is 0 Å². The number of primary amides is 1. The average Bonchev–Trinajstić information content (AvgIpc) is 2.94. The van der Waals surface area contributed by atoms with Crippen molar-refractivity contribution in [2.45, 2.75) is 25.7 Å². The summed E-state index contributed by atoms with van der Waals surface area (Å²) in [5.41, 5.74) is 7.38. The maximum Gasteiger partial charge on any atom is 0.231 e. The van der Waals surface area contributed by atoms with Crippen LogP contribution in [-0.4, -0.2) is 52.4 Å². The first-order valence-corrected chi connectivity index (χ1v) is 9.23. The van der Waals surface area contributed by atoms with E-state index < -0.39 is 0 Å². The van der Waals surface area contributed by atoms with Crippen molar-refractivity contribution in [1.29, 1.82) is 0 Å². The van der Waals surface area contributed by atoms with Crippen molar-refractivity contribution in [2.75, 3.05) is 26.2 Å². The van der Waals surface area contributed by atoms with Crippen LogP contribution in [0.4, 0.5) is 0 Å². The molecule has 1 aliphatic rings. The van der Waals surface area contributed by atoms with Crippen LogP contribution in [0.5, 0.6) is 0 Å². The lowest BCUT2D eigenvalue weighted by Gasteiger charge is -2.30. The molecule has 2 heterocycles. The Kier molecular flexibility index (Phi) is 5.88. The van der Waals surface area contributed by atoms with E-state index in [0.29, 0.717) is 13.1 Å². The number of nitrogens with two attached hydrogens (primary N) is 1. The van der Waals surface area contributed by atoms with E-state index in [0.717, 1.165) is 49.1 Å². The van der Waals surface area contributed by atoms with Crippen LogP contribution in [0, 0.1) is 5.92 Å². The number of aryl methyl sites for hydroxylation is 2. The molecule has 3 rings (SSSR count). The second-order valence-corrected chi connectivity index (χ2v) is 7.01. The molecule has 26 heavy (non-hydrogen) atoms. The molecule has 1 unspecified atom stereocenters. The van der Waals surface area contributed by atoms with Crippen LogP contribution in [0.1, 0.15) is 25.1 Å². The summed E-state index contributed by atoms with van der Waals surface area (Å²) in [6.45, 7) is 2.31. The number of nitrogens with zero attached hydrogens (tertiary/aromatic N) is 3. The number of amides is 2. The van der Waals surface area contributed by atoms with E-state index in [1.54, 1.807) is 0 Å². The summed E-state index contributed by atoms with van der Waals surface area (Å²) in [4.78, 5) is 30.1. The van der Waals surface area contributed by atoms with Gasteiger partial charge in [-0.25, -0.2) is 4.98 Å². The number of nitrogens with one attached hydrogen (secondary N) is 1. The zero-order valence-corrected chi connectivity index (χ0v) is 15.3. The largest absolute Gasteiger partial charge is 0.369 e. The molecule has 0 aliphatic carbocycles. The van der Waals surface area contributed by atoms with Crippen LogP contribution in [-0.2, 0) is 23.1 Å². The number of carbonyl (C=O) groups excluding carboxylic acids is 2. The molecule has 1 fully saturated rings. The van der Waals surface area contributed by atoms with E-state index >= 15 is 0 Å². The molecule has 2 aromatic rings. The van der Waals surface area contributed by atoms with Crippen LogP contribution in [0.2, 0.25) is 0 Å². The summed E-state index contributed by atoms with van der Waals surface area (Å²) in [5.74, 6) is 0.710. The third kappa shape index (κ3) is 4.40. The number of imidazole rings is 1. The van der Waals surface area contributed by atoms with Crippen LogP contribution >= 0.6 is 0 Å². The van der Waals surface area contributed by atoms with E-state index in [1.165, 1.54) is 0 Å². The average molecular weight is 357 g/mol. The smallest absolute Gasteiger partial charge is 0.231 e. The first-order chi connectivity index (χ1) is 12.5. The lowest BCUT2D eigenvalue weighted by molar-refractivity contribution is -0.128. The number of rotatable bonds is 7. The summed E-state index contributed by atoms with van der Waals surface area (Å²) >= 11 is 0. The Labute approximate surface area is 153 Å². The fourth-order valence-electron chi connectivity index (χ4n) is 3.65. The van der Waals surface area contributed by atoms with Gasteiger partial charge in [0.15, 0.2) is 0 Å². The van der Waals surface area contributed by atoms with Gasteiger partial charge in [-0.2, -0.15) is 0 Å². The van der Waals surface area contributed by atoms with E-state index in [1.807, 2.05) is 30.1 Å². The number of hydrogen-bond donors (Lipinski definition) is 2. The number of piperidine rings is 1. The fourth-order valence-corrected chi connectivity index (χ4v) is 3.65. The highest BCUT2D eigenvalue weighted by Crippen LogP contribution is 2.17. The van der Waals surface area contributed by atoms with E-state index in [2.05, 4.69) is 20.9 Å². The van der Waals surface area contributed by atoms with Crippen LogP contribution in [0.15, 0.2) is 24.3 Å². The Morgan fingerprint density at radius 2 is 2.15 bits per heavy atom. The van der Waals surface area contributed by atoms with Gasteiger partial charge in [0, 0.05) is 26.6 Å². The molecular formula is C19H27N5O2. The first kappa shape index (κ1) is 18.4. The van der Waals surface area contributed by atoms with E-state index in [-0.39, 0.29) is 24.3 Å². The van der Waals surface area contributed by atoms with Crippen molar-refractivity contribution in [1.82, 2.24) is 19.8 Å². The number of hydrogen-bond acceptors (Lipinski definition) is 4. The Morgan fingerprint density at radius 1 is 1.35 bits per heavy atom. The Hall–Kier alpha value is -2.41. The van der Waals surface area contributed by atoms with Crippen molar-refractivity contribution in [3.05, 3.63) is 30.1 Å². The molecule has 7 nitrogen and oxygen atoms in total. The van der Waals surface area contributed by atoms with Gasteiger partial charge in [-0.15, -0.1) is 0 Å². The van der Waals surface area contributed by atoms with Gasteiger partial charge in [-0.3, -0.25) is 14.5 Å².